The van der Waals surface area contributed by atoms with Gasteiger partial charge < -0.3 is 28.4 Å². The van der Waals surface area contributed by atoms with Gasteiger partial charge in [-0.2, -0.15) is 0 Å². The Labute approximate surface area is 867 Å². The number of aryl methyl sites for hydroxylation is 2. The van der Waals surface area contributed by atoms with Gasteiger partial charge in [0.2, 0.25) is 0 Å². The summed E-state index contributed by atoms with van der Waals surface area (Å²) in [7, 11) is 0. The van der Waals surface area contributed by atoms with E-state index in [9.17, 15) is 5.48 Å². The zero-order valence-electron chi connectivity index (χ0n) is 85.4. The maximum atomic E-state index is 16.5. The van der Waals surface area contributed by atoms with Crippen LogP contribution in [-0.4, -0.2) is 13.7 Å². The number of rotatable bonds is 15. The number of nitrogens with zero attached hydrogens (tertiary/aromatic N) is 6. The van der Waals surface area contributed by atoms with E-state index in [-0.39, 0.29) is 35.4 Å². The van der Waals surface area contributed by atoms with Crippen LogP contribution in [0.1, 0.15) is 16.6 Å². The number of hydrogen-bond acceptors (Lipinski definition) is 3. The van der Waals surface area contributed by atoms with Crippen molar-refractivity contribution in [3.05, 3.63) is 544 Å². The lowest BCUT2D eigenvalue weighted by molar-refractivity contribution is 0.461. The number of anilines is 9. The minimum Gasteiger partial charge on any atom is -0.311 e. The molecule has 0 aliphatic heterocycles. The Kier molecular flexibility index (Phi) is 20.1. The van der Waals surface area contributed by atoms with Gasteiger partial charge in [-0.1, -0.05) is 340 Å². The minimum absolute atomic E-state index is 0.0685. The molecule has 3 aromatic heterocycles. The van der Waals surface area contributed by atoms with Crippen LogP contribution in [-0.2, 0) is 0 Å². The highest BCUT2D eigenvalue weighted by Gasteiger charge is 2.34. The van der Waals surface area contributed by atoms with Crippen LogP contribution in [0.3, 0.4) is 0 Å². The van der Waals surface area contributed by atoms with Crippen LogP contribution in [0.15, 0.2) is 509 Å². The fourth-order valence-corrected chi connectivity index (χ4v) is 23.9. The lowest BCUT2D eigenvalue weighted by Gasteiger charge is -2.28. The van der Waals surface area contributed by atoms with E-state index < -0.39 is 34.5 Å². The Balaban J connectivity index is 0.000000110. The zero-order valence-corrected chi connectivity index (χ0v) is 81.4. The minimum atomic E-state index is -1.48. The summed E-state index contributed by atoms with van der Waals surface area (Å²) >= 11 is 0. The predicted octanol–water partition coefficient (Wildman–Crippen LogP) is 39.6. The number of para-hydroxylation sites is 12. The summed E-state index contributed by atoms with van der Waals surface area (Å²) in [5, 5.41) is 26.3. The van der Waals surface area contributed by atoms with E-state index in [2.05, 4.69) is 318 Å². The second-order valence-electron chi connectivity index (χ2n) is 38.7. The van der Waals surface area contributed by atoms with Crippen LogP contribution in [0.4, 0.5) is 68.7 Å². The molecule has 6 nitrogen and oxygen atoms in total. The molecular formula is C140H90F4N6. The summed E-state index contributed by atoms with van der Waals surface area (Å²) in [6.45, 7) is 4.50. The molecule has 0 amide bonds. The third kappa shape index (κ3) is 14.2. The third-order valence-electron chi connectivity index (χ3n) is 30.3. The molecule has 0 unspecified atom stereocenters. The zero-order chi connectivity index (χ0) is 104. The average Bonchev–Trinajstić information content (AvgIpc) is 1.59. The number of aromatic nitrogens is 3. The molecule has 150 heavy (non-hydrogen) atoms. The molecule has 3 heterocycles. The first-order valence-electron chi connectivity index (χ1n) is 52.5. The number of hydrogen-bond donors (Lipinski definition) is 0. The first-order valence-corrected chi connectivity index (χ1v) is 50.5. The smallest absolute Gasteiger partial charge is 0.186 e. The molecule has 27 aromatic carbocycles. The van der Waals surface area contributed by atoms with E-state index >= 15 is 17.6 Å². The van der Waals surface area contributed by atoms with Crippen LogP contribution in [0, 0.1) is 37.1 Å². The van der Waals surface area contributed by atoms with Crippen molar-refractivity contribution in [1.29, 1.82) is 0 Å². The highest BCUT2D eigenvalue weighted by molar-refractivity contribution is 6.38. The maximum Gasteiger partial charge on any atom is 0.186 e. The SMILES string of the molecule is Cc1cc(N(c2ccccc2)c2ccccc2)c(C)cc1-c1ccc2ccc3c4c(ccc1c24)cc1c3c2ccccc2n1-c1ccccc1.Fc1c(F)c(N(c2ccccc2)c2ccccc2)c(F)c(F)c1-c1ccc2ccc3c4c(ccc1c24)cc1c3c2ccccc2n1-c1ccccc1.[2H]c1c([2H])c(N(c2ccccc2)c2ccccc2)c([2H])c([2H])c1-c1ccc2ccc3c4c(ccc1c24)cc1c3c2ccccc2n1-c1ccccc1. The maximum absolute atomic E-state index is 16.5. The van der Waals surface area contributed by atoms with Crippen molar-refractivity contribution >= 4 is 214 Å². The molecule has 0 N–H and O–H groups in total. The molecule has 30 aromatic rings. The largest absolute Gasteiger partial charge is 0.311 e. The molecule has 708 valence electrons. The van der Waals surface area contributed by atoms with E-state index in [1.807, 2.05) is 126 Å². The summed E-state index contributed by atoms with van der Waals surface area (Å²) in [5.74, 6) is -5.89. The van der Waals surface area contributed by atoms with Gasteiger partial charge in [-0.15, -0.1) is 0 Å². The fourth-order valence-electron chi connectivity index (χ4n) is 23.9. The molecule has 30 rings (SSSR count). The molecule has 0 radical (unpaired) electrons. The second kappa shape index (κ2) is 35.8. The topological polar surface area (TPSA) is 24.5 Å². The standard InChI is InChI=1S/C48H34N2.C46H26F4N2.C46H30N2/c1-31-29-44(49(35-14-6-3-7-15-35)36-16-8-4-9-17-36)32(2)28-42(31)38-25-22-33-23-27-41-47-34(24-26-39(38)46(33)47)30-45-48(41)40-20-12-13-21-43(40)50(45)37-18-10-5-11-19-37;47-42-41(43(48)45(50)46(44(42)49)51(29-12-4-1-5-13-29)30-14-6-2-7-15-30)33-23-20-27-21-25-35-39-28(22-24-32(33)38(27)39)26-37-40(35)34-18-10-11-19-36(34)52(37)31-16-8-3-9-17-31;1-4-12-34(13-5-1)47(35-14-6-2-7-15-35)37-25-20-31(21-26-37)38-27-22-32-23-29-41-45-33(24-28-39(38)44(32)45)30-43-46(41)40-18-10-11-19-42(40)48(43)36-16-8-3-9-17-36/h3-30H,1-2H3;1-26H;1-30H/i;;20D,21D,25D,26D. The quantitative estimate of drug-likeness (QED) is 0.0581. The predicted molar refractivity (Wildman–Crippen MR) is 623 cm³/mol. The van der Waals surface area contributed by atoms with Crippen LogP contribution in [0.5, 0.6) is 0 Å². The first kappa shape index (κ1) is 84.0. The molecule has 0 bridgehead atoms. The van der Waals surface area contributed by atoms with Gasteiger partial charge >= 0.3 is 0 Å². The molecule has 0 atom stereocenters. The van der Waals surface area contributed by atoms with Gasteiger partial charge in [0.05, 0.1) is 44.1 Å². The third-order valence-corrected chi connectivity index (χ3v) is 30.3. The average molecular weight is 1940 g/mol. The van der Waals surface area contributed by atoms with E-state index in [4.69, 9.17) is 0 Å². The lowest BCUT2D eigenvalue weighted by Crippen LogP contribution is -2.16. The Bertz CT molecular complexity index is 10200. The Morgan fingerprint density at radius 2 is 0.473 bits per heavy atom. The van der Waals surface area contributed by atoms with E-state index in [0.717, 1.165) is 126 Å². The van der Waals surface area contributed by atoms with Gasteiger partial charge in [0.25, 0.3) is 0 Å². The normalized spacial score (nSPS) is 12.2. The number of fused-ring (bicyclic) bond motifs is 12. The summed E-state index contributed by atoms with van der Waals surface area (Å²) < 4.78 is 111. The molecule has 0 saturated heterocycles. The van der Waals surface area contributed by atoms with Gasteiger partial charge in [-0.3, -0.25) is 0 Å². The van der Waals surface area contributed by atoms with Crippen LogP contribution in [0.2, 0.25) is 0 Å². The van der Waals surface area contributed by atoms with Gasteiger partial charge in [-0.25, -0.2) is 17.6 Å². The van der Waals surface area contributed by atoms with Crippen molar-refractivity contribution in [2.24, 2.45) is 0 Å². The summed E-state index contributed by atoms with van der Waals surface area (Å²) in [5.41, 5.74) is 20.6. The Morgan fingerprint density at radius 3 is 0.840 bits per heavy atom. The summed E-state index contributed by atoms with van der Waals surface area (Å²) in [6, 6.07) is 163. The van der Waals surface area contributed by atoms with Gasteiger partial charge in [0.1, 0.15) is 5.69 Å². The monoisotopic (exact) mass is 1930 g/mol. The highest BCUT2D eigenvalue weighted by atomic mass is 19.2. The van der Waals surface area contributed by atoms with E-state index in [0.29, 0.717) is 27.9 Å². The fraction of sp³-hybridized carbons (Fsp3) is 0.0143. The Hall–Kier alpha value is -19.4. The molecule has 0 aliphatic rings. The van der Waals surface area contributed by atoms with Gasteiger partial charge in [0, 0.05) is 94.9 Å². The first-order chi connectivity index (χ1) is 75.7. The Morgan fingerprint density at radius 1 is 0.193 bits per heavy atom. The highest BCUT2D eigenvalue weighted by Crippen LogP contribution is 2.54. The molecular weight excluding hydrogens is 1840 g/mol. The van der Waals surface area contributed by atoms with Crippen molar-refractivity contribution in [3.63, 3.8) is 0 Å². The van der Waals surface area contributed by atoms with Crippen molar-refractivity contribution < 1.29 is 23.0 Å². The van der Waals surface area contributed by atoms with Crippen LogP contribution >= 0.6 is 0 Å². The van der Waals surface area contributed by atoms with E-state index in [1.165, 1.54) is 103 Å². The molecule has 0 saturated carbocycles. The summed E-state index contributed by atoms with van der Waals surface area (Å²) in [6.07, 6.45) is 0. The van der Waals surface area contributed by atoms with Crippen molar-refractivity contribution in [1.82, 2.24) is 13.7 Å². The number of halogens is 4. The molecule has 10 heteroatoms. The van der Waals surface area contributed by atoms with Crippen LogP contribution in [0.25, 0.3) is 213 Å². The van der Waals surface area contributed by atoms with E-state index in [1.54, 1.807) is 78.9 Å². The lowest BCUT2D eigenvalue weighted by atomic mass is 9.87. The van der Waals surface area contributed by atoms with Crippen molar-refractivity contribution in [3.8, 4) is 50.4 Å². The molecule has 0 spiro atoms. The summed E-state index contributed by atoms with van der Waals surface area (Å²) in [4.78, 5) is 5.38. The second-order valence-corrected chi connectivity index (χ2v) is 38.7. The van der Waals surface area contributed by atoms with Gasteiger partial charge in [0.15, 0.2) is 23.3 Å². The molecule has 0 fully saturated rings. The van der Waals surface area contributed by atoms with Crippen molar-refractivity contribution in [2.45, 2.75) is 13.8 Å². The van der Waals surface area contributed by atoms with Crippen LogP contribution < -0.4 is 14.7 Å². The van der Waals surface area contributed by atoms with Crippen molar-refractivity contribution in [2.75, 3.05) is 14.7 Å². The number of benzene rings is 27. The van der Waals surface area contributed by atoms with Gasteiger partial charge in [-0.05, 0) is 320 Å². The molecule has 0 aliphatic carbocycles.